The fourth-order valence-corrected chi connectivity index (χ4v) is 3.93. The molecule has 5 nitrogen and oxygen atoms in total. The first-order valence-electron chi connectivity index (χ1n) is 9.27. The molecule has 0 spiro atoms. The summed E-state index contributed by atoms with van der Waals surface area (Å²) in [5.74, 6) is -5.27. The monoisotopic (exact) mass is 467 g/mol. The summed E-state index contributed by atoms with van der Waals surface area (Å²) < 4.78 is 84.3. The normalized spacial score (nSPS) is 17.5. The molecule has 3 aromatic carbocycles. The van der Waals surface area contributed by atoms with Gasteiger partial charge in [-0.2, -0.15) is 0 Å². The van der Waals surface area contributed by atoms with E-state index < -0.39 is 59.2 Å². The van der Waals surface area contributed by atoms with Gasteiger partial charge in [0.2, 0.25) is 5.91 Å². The van der Waals surface area contributed by atoms with Gasteiger partial charge in [0, 0.05) is 11.0 Å². The summed E-state index contributed by atoms with van der Waals surface area (Å²) in [4.78, 5) is 13.2. The molecular formula is C21H12BF6NO4. The van der Waals surface area contributed by atoms with Crippen LogP contribution in [0.4, 0.5) is 32.0 Å². The Morgan fingerprint density at radius 2 is 1.52 bits per heavy atom. The summed E-state index contributed by atoms with van der Waals surface area (Å²) >= 11 is 0. The summed E-state index contributed by atoms with van der Waals surface area (Å²) in [7, 11) is -2.16. The van der Waals surface area contributed by atoms with Crippen LogP contribution < -0.4 is 15.5 Å². The number of nitrogens with one attached hydrogen (secondary N) is 1. The molecule has 1 aliphatic heterocycles. The zero-order chi connectivity index (χ0) is 24.1. The summed E-state index contributed by atoms with van der Waals surface area (Å²) in [5, 5.41) is 20.8. The topological polar surface area (TPSA) is 78.8 Å². The number of benzene rings is 3. The van der Waals surface area contributed by atoms with Gasteiger partial charge in [-0.25, -0.2) is 13.2 Å². The molecule has 0 saturated carbocycles. The quantitative estimate of drug-likeness (QED) is 0.408. The molecule has 1 amide bonds. The lowest BCUT2D eigenvalue weighted by Gasteiger charge is -2.29. The maximum Gasteiger partial charge on any atom is 0.573 e. The number of hydrogen-bond donors (Lipinski definition) is 3. The van der Waals surface area contributed by atoms with Crippen molar-refractivity contribution >= 4 is 24.2 Å². The maximum atomic E-state index is 14.6. The Morgan fingerprint density at radius 3 is 2.09 bits per heavy atom. The third-order valence-corrected chi connectivity index (χ3v) is 5.31. The van der Waals surface area contributed by atoms with Gasteiger partial charge in [-0.3, -0.25) is 4.79 Å². The molecule has 0 fully saturated rings. The molecule has 0 unspecified atom stereocenters. The molecule has 0 aromatic heterocycles. The zero-order valence-electron chi connectivity index (χ0n) is 16.3. The first-order chi connectivity index (χ1) is 15.4. The average molecular weight is 467 g/mol. The second kappa shape index (κ2) is 7.82. The van der Waals surface area contributed by atoms with E-state index in [2.05, 4.69) is 10.1 Å². The molecule has 1 heterocycles. The molecule has 1 aliphatic rings. The van der Waals surface area contributed by atoms with Crippen molar-refractivity contribution in [1.29, 1.82) is 0 Å². The third-order valence-electron chi connectivity index (χ3n) is 5.31. The molecule has 170 valence electrons. The van der Waals surface area contributed by atoms with Crippen LogP contribution >= 0.6 is 0 Å². The fourth-order valence-electron chi connectivity index (χ4n) is 3.93. The van der Waals surface area contributed by atoms with Gasteiger partial charge >= 0.3 is 13.5 Å². The van der Waals surface area contributed by atoms with Crippen molar-refractivity contribution < 1.29 is 45.9 Å². The Labute approximate surface area is 182 Å². The van der Waals surface area contributed by atoms with E-state index in [9.17, 15) is 41.2 Å². The van der Waals surface area contributed by atoms with Gasteiger partial charge in [0.25, 0.3) is 0 Å². The summed E-state index contributed by atoms with van der Waals surface area (Å²) in [6.45, 7) is 0. The summed E-state index contributed by atoms with van der Waals surface area (Å²) in [6.07, 6.45) is -4.97. The third kappa shape index (κ3) is 3.70. The van der Waals surface area contributed by atoms with E-state index in [1.165, 1.54) is 6.07 Å². The van der Waals surface area contributed by atoms with E-state index in [-0.39, 0.29) is 16.7 Å². The van der Waals surface area contributed by atoms with Crippen LogP contribution in [0.2, 0.25) is 0 Å². The first-order valence-corrected chi connectivity index (χ1v) is 9.27. The fraction of sp³-hybridized carbons (Fsp3) is 0.0952. The molecule has 1 atom stereocenters. The van der Waals surface area contributed by atoms with Gasteiger partial charge in [0.05, 0.1) is 5.69 Å². The van der Waals surface area contributed by atoms with Gasteiger partial charge in [0.15, 0.2) is 11.6 Å². The van der Waals surface area contributed by atoms with E-state index in [1.807, 2.05) is 0 Å². The molecular weight excluding hydrogens is 455 g/mol. The number of anilines is 1. The number of alkyl halides is 3. The van der Waals surface area contributed by atoms with Gasteiger partial charge in [-0.05, 0) is 35.4 Å². The zero-order valence-corrected chi connectivity index (χ0v) is 16.3. The van der Waals surface area contributed by atoms with Crippen LogP contribution in [0.5, 0.6) is 5.75 Å². The summed E-state index contributed by atoms with van der Waals surface area (Å²) in [5.41, 5.74) is -3.26. The van der Waals surface area contributed by atoms with Crippen molar-refractivity contribution in [3.8, 4) is 5.75 Å². The van der Waals surface area contributed by atoms with Crippen molar-refractivity contribution in [2.45, 2.75) is 11.8 Å². The Morgan fingerprint density at radius 1 is 0.879 bits per heavy atom. The van der Waals surface area contributed by atoms with Crippen LogP contribution in [0.15, 0.2) is 54.6 Å². The minimum absolute atomic E-state index is 0.00372. The molecule has 0 radical (unpaired) electrons. The first kappa shape index (κ1) is 22.7. The lowest BCUT2D eigenvalue weighted by atomic mass is 9.69. The second-order valence-corrected chi connectivity index (χ2v) is 7.17. The lowest BCUT2D eigenvalue weighted by molar-refractivity contribution is -0.274. The lowest BCUT2D eigenvalue weighted by Crippen LogP contribution is -2.39. The largest absolute Gasteiger partial charge is 0.573 e. The van der Waals surface area contributed by atoms with Crippen LogP contribution in [-0.4, -0.2) is 29.4 Å². The maximum absolute atomic E-state index is 14.6. The Balaban J connectivity index is 1.97. The van der Waals surface area contributed by atoms with Crippen molar-refractivity contribution in [1.82, 2.24) is 0 Å². The van der Waals surface area contributed by atoms with E-state index >= 15 is 0 Å². The number of ether oxygens (including phenoxy) is 1. The molecule has 3 N–H and O–H groups in total. The minimum atomic E-state index is -4.97. The Bertz CT molecular complexity index is 1250. The highest BCUT2D eigenvalue weighted by atomic mass is 19.4. The van der Waals surface area contributed by atoms with E-state index in [4.69, 9.17) is 0 Å². The number of halogens is 6. The van der Waals surface area contributed by atoms with Crippen LogP contribution in [0.1, 0.15) is 16.7 Å². The number of hydrogen-bond acceptors (Lipinski definition) is 4. The highest BCUT2D eigenvalue weighted by molar-refractivity contribution is 6.58. The van der Waals surface area contributed by atoms with E-state index in [1.54, 1.807) is 0 Å². The predicted molar refractivity (Wildman–Crippen MR) is 104 cm³/mol. The molecule has 3 aromatic rings. The van der Waals surface area contributed by atoms with Crippen LogP contribution in [0.25, 0.3) is 0 Å². The van der Waals surface area contributed by atoms with Crippen molar-refractivity contribution in [2.24, 2.45) is 0 Å². The van der Waals surface area contributed by atoms with Gasteiger partial charge in [0.1, 0.15) is 17.0 Å². The molecule has 0 saturated heterocycles. The van der Waals surface area contributed by atoms with Gasteiger partial charge < -0.3 is 20.1 Å². The van der Waals surface area contributed by atoms with Crippen molar-refractivity contribution in [3.63, 3.8) is 0 Å². The number of fused-ring (bicyclic) bond motifs is 1. The Kier molecular flexibility index (Phi) is 5.37. The Hall–Kier alpha value is -3.51. The number of carbonyl (C=O) groups excluding carboxylic acids is 1. The van der Waals surface area contributed by atoms with Gasteiger partial charge in [-0.1, -0.05) is 30.3 Å². The molecule has 33 heavy (non-hydrogen) atoms. The standard InChI is InChI=1S/C21H12BF6NO4/c23-15-8-6-13-18(17(15)25)29-19(30)20(13,11-3-7-14(22(31)32)16(24)9-11)10-1-4-12(5-2-10)33-21(26,27)28/h1-9,31-32H,(H,29,30)/t20-/m0/s1. The van der Waals surface area contributed by atoms with E-state index in [0.717, 1.165) is 48.5 Å². The highest BCUT2D eigenvalue weighted by Crippen LogP contribution is 2.49. The predicted octanol–water partition coefficient (Wildman–Crippen LogP) is 2.97. The minimum Gasteiger partial charge on any atom is -0.423 e. The number of amides is 1. The van der Waals surface area contributed by atoms with Crippen LogP contribution in [0, 0.1) is 17.5 Å². The van der Waals surface area contributed by atoms with Crippen LogP contribution in [0.3, 0.4) is 0 Å². The van der Waals surface area contributed by atoms with Gasteiger partial charge in [-0.15, -0.1) is 13.2 Å². The second-order valence-electron chi connectivity index (χ2n) is 7.17. The SMILES string of the molecule is O=C1Nc2c(ccc(F)c2F)[C@]1(c1ccc(OC(F)(F)F)cc1)c1ccc(B(O)O)c(F)c1. The number of rotatable bonds is 4. The molecule has 12 heteroatoms. The van der Waals surface area contributed by atoms with Crippen molar-refractivity contribution in [3.05, 3.63) is 88.7 Å². The van der Waals surface area contributed by atoms with E-state index in [0.29, 0.717) is 0 Å². The average Bonchev–Trinajstić information content (AvgIpc) is 3.03. The number of carbonyl (C=O) groups is 1. The smallest absolute Gasteiger partial charge is 0.423 e. The summed E-state index contributed by atoms with van der Waals surface area (Å²) in [6, 6.07) is 8.86. The molecule has 4 rings (SSSR count). The van der Waals surface area contributed by atoms with Crippen molar-refractivity contribution in [2.75, 3.05) is 5.32 Å². The molecule has 0 bridgehead atoms. The highest BCUT2D eigenvalue weighted by Gasteiger charge is 2.51. The van der Waals surface area contributed by atoms with Crippen LogP contribution in [-0.2, 0) is 10.2 Å². The molecule has 0 aliphatic carbocycles.